The number of rotatable bonds is 4. The molecule has 2 amide bonds. The first-order valence-electron chi connectivity index (χ1n) is 10.0. The van der Waals surface area contributed by atoms with E-state index in [1.54, 1.807) is 0 Å². The molecule has 6 nitrogen and oxygen atoms in total. The van der Waals surface area contributed by atoms with Crippen LogP contribution >= 0.6 is 11.8 Å². The zero-order valence-electron chi connectivity index (χ0n) is 15.9. The van der Waals surface area contributed by atoms with Gasteiger partial charge in [-0.3, -0.25) is 9.59 Å². The number of nitrogens with one attached hydrogen (secondary N) is 1. The van der Waals surface area contributed by atoms with Gasteiger partial charge in [0.2, 0.25) is 5.91 Å². The highest BCUT2D eigenvalue weighted by Crippen LogP contribution is 2.46. The number of aromatic nitrogens is 1. The van der Waals surface area contributed by atoms with Gasteiger partial charge >= 0.3 is 0 Å². The minimum atomic E-state index is 0.0657. The van der Waals surface area contributed by atoms with Crippen molar-refractivity contribution in [2.24, 2.45) is 0 Å². The summed E-state index contributed by atoms with van der Waals surface area (Å²) in [5.41, 5.74) is 1.65. The van der Waals surface area contributed by atoms with Crippen molar-refractivity contribution in [1.82, 2.24) is 14.8 Å². The summed E-state index contributed by atoms with van der Waals surface area (Å²) in [6.07, 6.45) is 3.24. The van der Waals surface area contributed by atoms with Crippen LogP contribution in [-0.4, -0.2) is 76.0 Å². The van der Waals surface area contributed by atoms with Crippen molar-refractivity contribution in [2.45, 2.75) is 30.1 Å². The zero-order chi connectivity index (χ0) is 19.1. The lowest BCUT2D eigenvalue weighted by Crippen LogP contribution is -2.60. The quantitative estimate of drug-likeness (QED) is 0.858. The van der Waals surface area contributed by atoms with Crippen LogP contribution in [0.2, 0.25) is 0 Å². The summed E-state index contributed by atoms with van der Waals surface area (Å²) in [5.74, 6) is 1.09. The Hall–Kier alpha value is -1.99. The molecule has 7 heteroatoms. The molecule has 1 aromatic carbocycles. The number of hydrogen-bond acceptors (Lipinski definition) is 4. The number of likely N-dealkylation sites (tertiary alicyclic amines) is 2. The van der Waals surface area contributed by atoms with Gasteiger partial charge in [-0.05, 0) is 31.4 Å². The SMILES string of the molecule is O=C(CO[C@H]1CSC2(C1)CN(C(=O)c1cc3ccccc3[nH]1)C2)N1CCCC1. The van der Waals surface area contributed by atoms with Gasteiger partial charge in [-0.15, -0.1) is 11.8 Å². The predicted molar refractivity (Wildman–Crippen MR) is 110 cm³/mol. The van der Waals surface area contributed by atoms with Crippen molar-refractivity contribution in [1.29, 1.82) is 0 Å². The van der Waals surface area contributed by atoms with Crippen LogP contribution in [0.25, 0.3) is 10.9 Å². The second-order valence-corrected chi connectivity index (χ2v) is 9.64. The third kappa shape index (κ3) is 3.31. The molecule has 1 atom stereocenters. The number of thioether (sulfide) groups is 1. The van der Waals surface area contributed by atoms with Gasteiger partial charge in [-0.1, -0.05) is 18.2 Å². The molecule has 0 aliphatic carbocycles. The van der Waals surface area contributed by atoms with Crippen LogP contribution in [0.5, 0.6) is 0 Å². The molecule has 0 saturated carbocycles. The fraction of sp³-hybridized carbons (Fsp3) is 0.524. The largest absolute Gasteiger partial charge is 0.367 e. The minimum absolute atomic E-state index is 0.0657. The average Bonchev–Trinajstić information content (AvgIpc) is 3.43. The number of hydrogen-bond donors (Lipinski definition) is 1. The number of carbonyl (C=O) groups excluding carboxylic acids is 2. The van der Waals surface area contributed by atoms with E-state index in [1.807, 2.05) is 51.9 Å². The highest BCUT2D eigenvalue weighted by atomic mass is 32.2. The number of carbonyl (C=O) groups is 2. The molecule has 1 N–H and O–H groups in total. The molecule has 0 bridgehead atoms. The Balaban J connectivity index is 1.13. The minimum Gasteiger partial charge on any atom is -0.367 e. The van der Waals surface area contributed by atoms with Crippen molar-refractivity contribution in [3.8, 4) is 0 Å². The van der Waals surface area contributed by atoms with Crippen LogP contribution in [0.3, 0.4) is 0 Å². The number of nitrogens with zero attached hydrogens (tertiary/aromatic N) is 2. The second kappa shape index (κ2) is 7.12. The molecule has 3 saturated heterocycles. The maximum absolute atomic E-state index is 12.8. The van der Waals surface area contributed by atoms with Crippen LogP contribution in [0.1, 0.15) is 29.8 Å². The first-order valence-corrected chi connectivity index (χ1v) is 11.0. The summed E-state index contributed by atoms with van der Waals surface area (Å²) in [7, 11) is 0. The normalized spacial score (nSPS) is 23.5. The molecule has 3 aliphatic heterocycles. The first-order chi connectivity index (χ1) is 13.6. The molecule has 28 heavy (non-hydrogen) atoms. The van der Waals surface area contributed by atoms with E-state index in [0.29, 0.717) is 5.69 Å². The number of aromatic amines is 1. The summed E-state index contributed by atoms with van der Waals surface area (Å²) < 4.78 is 6.01. The highest BCUT2D eigenvalue weighted by molar-refractivity contribution is 8.01. The summed E-state index contributed by atoms with van der Waals surface area (Å²) in [4.78, 5) is 32.0. The molecule has 148 valence electrons. The Morgan fingerprint density at radius 3 is 2.75 bits per heavy atom. The maximum Gasteiger partial charge on any atom is 0.270 e. The van der Waals surface area contributed by atoms with Gasteiger partial charge in [0.05, 0.1) is 10.9 Å². The third-order valence-corrected chi connectivity index (χ3v) is 7.66. The second-order valence-electron chi connectivity index (χ2n) is 8.15. The fourth-order valence-corrected chi connectivity index (χ4v) is 6.08. The van der Waals surface area contributed by atoms with Gasteiger partial charge in [0.1, 0.15) is 12.3 Å². The molecule has 5 rings (SSSR count). The van der Waals surface area contributed by atoms with Crippen molar-refractivity contribution in [3.05, 3.63) is 36.0 Å². The van der Waals surface area contributed by atoms with Crippen molar-refractivity contribution < 1.29 is 14.3 Å². The number of amides is 2. The Morgan fingerprint density at radius 1 is 1.18 bits per heavy atom. The van der Waals surface area contributed by atoms with Gasteiger partial charge in [0.25, 0.3) is 5.91 Å². The lowest BCUT2D eigenvalue weighted by atomic mass is 9.92. The summed E-state index contributed by atoms with van der Waals surface area (Å²) in [5, 5.41) is 1.06. The first kappa shape index (κ1) is 18.1. The Morgan fingerprint density at radius 2 is 1.96 bits per heavy atom. The molecular formula is C21H25N3O3S. The van der Waals surface area contributed by atoms with Crippen molar-refractivity contribution in [2.75, 3.05) is 38.5 Å². The third-order valence-electron chi connectivity index (χ3n) is 6.08. The lowest BCUT2D eigenvalue weighted by Gasteiger charge is -2.47. The van der Waals surface area contributed by atoms with E-state index in [-0.39, 0.29) is 29.3 Å². The van der Waals surface area contributed by atoms with Crippen LogP contribution in [0.4, 0.5) is 0 Å². The molecule has 3 aliphatic rings. The van der Waals surface area contributed by atoms with Gasteiger partial charge in [0, 0.05) is 42.8 Å². The van der Waals surface area contributed by atoms with E-state index in [0.717, 1.165) is 62.1 Å². The summed E-state index contributed by atoms with van der Waals surface area (Å²) >= 11 is 1.89. The van der Waals surface area contributed by atoms with Crippen LogP contribution in [-0.2, 0) is 9.53 Å². The van der Waals surface area contributed by atoms with Crippen molar-refractivity contribution in [3.63, 3.8) is 0 Å². The smallest absolute Gasteiger partial charge is 0.270 e. The number of benzene rings is 1. The van der Waals surface area contributed by atoms with Gasteiger partial charge in [0.15, 0.2) is 0 Å². The molecule has 2 aromatic rings. The monoisotopic (exact) mass is 399 g/mol. The van der Waals surface area contributed by atoms with E-state index in [2.05, 4.69) is 4.98 Å². The Labute approximate surface area is 168 Å². The standard InChI is InChI=1S/C21H25N3O3S/c25-19(23-7-3-4-8-23)11-27-16-10-21(28-12-16)13-24(14-21)20(26)18-9-15-5-1-2-6-17(15)22-18/h1-2,5-6,9,16,22H,3-4,7-8,10-14H2/t16-/m1/s1. The summed E-state index contributed by atoms with van der Waals surface area (Å²) in [6.45, 7) is 3.45. The van der Waals surface area contributed by atoms with Gasteiger partial charge in [-0.2, -0.15) is 0 Å². The van der Waals surface area contributed by atoms with E-state index in [1.165, 1.54) is 0 Å². The molecule has 1 spiro atoms. The predicted octanol–water partition coefficient (Wildman–Crippen LogP) is 2.51. The maximum atomic E-state index is 12.8. The van der Waals surface area contributed by atoms with E-state index in [4.69, 9.17) is 4.74 Å². The van der Waals surface area contributed by atoms with Crippen molar-refractivity contribution >= 4 is 34.5 Å². The van der Waals surface area contributed by atoms with E-state index in [9.17, 15) is 9.59 Å². The molecule has 0 unspecified atom stereocenters. The van der Waals surface area contributed by atoms with Crippen LogP contribution < -0.4 is 0 Å². The Kier molecular flexibility index (Phi) is 4.59. The van der Waals surface area contributed by atoms with E-state index >= 15 is 0 Å². The molecule has 4 heterocycles. The summed E-state index contributed by atoms with van der Waals surface area (Å²) in [6, 6.07) is 9.88. The molecular weight excluding hydrogens is 374 g/mol. The topological polar surface area (TPSA) is 65.6 Å². The fourth-order valence-electron chi connectivity index (χ4n) is 4.53. The van der Waals surface area contributed by atoms with Gasteiger partial charge in [-0.25, -0.2) is 0 Å². The van der Waals surface area contributed by atoms with Crippen LogP contribution in [0.15, 0.2) is 30.3 Å². The number of fused-ring (bicyclic) bond motifs is 1. The number of ether oxygens (including phenoxy) is 1. The lowest BCUT2D eigenvalue weighted by molar-refractivity contribution is -0.136. The molecule has 0 radical (unpaired) electrons. The van der Waals surface area contributed by atoms with E-state index < -0.39 is 0 Å². The Bertz CT molecular complexity index is 866. The highest BCUT2D eigenvalue weighted by Gasteiger charge is 2.51. The van der Waals surface area contributed by atoms with Gasteiger partial charge < -0.3 is 19.5 Å². The molecule has 3 fully saturated rings. The zero-order valence-corrected chi connectivity index (χ0v) is 16.7. The number of H-pyrrole nitrogens is 1. The van der Waals surface area contributed by atoms with Crippen LogP contribution in [0, 0.1) is 0 Å². The average molecular weight is 400 g/mol. The number of para-hydroxylation sites is 1. The molecule has 1 aromatic heterocycles.